The highest BCUT2D eigenvalue weighted by atomic mass is 31.2. The van der Waals surface area contributed by atoms with Crippen LogP contribution < -0.4 is 0 Å². The third-order valence-corrected chi connectivity index (χ3v) is 18.0. The van der Waals surface area contributed by atoms with Crippen molar-refractivity contribution in [3.05, 3.63) is 0 Å². The van der Waals surface area contributed by atoms with Gasteiger partial charge in [0, 0.05) is 0 Å². The summed E-state index contributed by atoms with van der Waals surface area (Å²) in [6, 6.07) is 0. The van der Waals surface area contributed by atoms with E-state index in [0.29, 0.717) is 0 Å². The zero-order chi connectivity index (χ0) is 16.2. The molecule has 0 rings (SSSR count). The normalized spacial score (nSPS) is 12.9. The van der Waals surface area contributed by atoms with Crippen LogP contribution in [0.3, 0.4) is 0 Å². The quantitative estimate of drug-likeness (QED) is 0.290. The zero-order valence-corrected chi connectivity index (χ0v) is 17.9. The molecule has 128 valence electrons. The highest BCUT2D eigenvalue weighted by Gasteiger charge is 2.48. The highest BCUT2D eigenvalue weighted by molar-refractivity contribution is 7.92. The lowest BCUT2D eigenvalue weighted by molar-refractivity contribution is 0.980. The van der Waals surface area contributed by atoms with Gasteiger partial charge in [-0.15, -0.1) is 0 Å². The van der Waals surface area contributed by atoms with Gasteiger partial charge in [-0.25, -0.2) is 0 Å². The van der Waals surface area contributed by atoms with Crippen molar-refractivity contribution >= 4 is 14.5 Å². The summed E-state index contributed by atoms with van der Waals surface area (Å²) >= 11 is 0. The minimum Gasteiger partial charge on any atom is -0.0619 e. The SMILES string of the molecule is CCC[P+](CCC)(CCC)C[P+](CCC)(CCC)CCC. The Morgan fingerprint density at radius 1 is 0.381 bits per heavy atom. The Hall–Kier alpha value is 0.860. The summed E-state index contributed by atoms with van der Waals surface area (Å²) in [4.78, 5) is 0. The predicted octanol–water partition coefficient (Wildman–Crippen LogP) is 7.44. The second kappa shape index (κ2) is 12.3. The number of hydrogen-bond acceptors (Lipinski definition) is 0. The first-order valence-corrected chi connectivity index (χ1v) is 14.8. The van der Waals surface area contributed by atoms with Gasteiger partial charge in [0.05, 0.1) is 51.5 Å². The average Bonchev–Trinajstić information content (AvgIpc) is 2.40. The minimum absolute atomic E-state index is 0.657. The number of hydrogen-bond donors (Lipinski definition) is 0. The van der Waals surface area contributed by atoms with Crippen LogP contribution in [0.2, 0.25) is 0 Å². The predicted molar refractivity (Wildman–Crippen MR) is 110 cm³/mol. The molecule has 0 unspecified atom stereocenters. The number of rotatable bonds is 14. The fourth-order valence-corrected chi connectivity index (χ4v) is 20.1. The molecule has 0 heterocycles. The van der Waals surface area contributed by atoms with Gasteiger partial charge in [-0.05, 0) is 38.5 Å². The molecule has 0 spiro atoms. The van der Waals surface area contributed by atoms with E-state index in [0.717, 1.165) is 0 Å². The van der Waals surface area contributed by atoms with E-state index in [-0.39, 0.29) is 0 Å². The van der Waals surface area contributed by atoms with Crippen LogP contribution in [0, 0.1) is 0 Å². The maximum atomic E-state index is 2.43. The van der Waals surface area contributed by atoms with Gasteiger partial charge in [-0.2, -0.15) is 0 Å². The van der Waals surface area contributed by atoms with Crippen LogP contribution in [0.5, 0.6) is 0 Å². The van der Waals surface area contributed by atoms with Crippen molar-refractivity contribution in [2.24, 2.45) is 0 Å². The molecule has 0 atom stereocenters. The van der Waals surface area contributed by atoms with Crippen LogP contribution in [-0.4, -0.2) is 42.9 Å². The molecular weight excluding hydrogens is 290 g/mol. The van der Waals surface area contributed by atoms with E-state index in [1.54, 1.807) is 42.9 Å². The molecule has 0 aliphatic carbocycles. The molecule has 0 radical (unpaired) electrons. The molecule has 0 aromatic rings. The van der Waals surface area contributed by atoms with Crippen LogP contribution in [0.4, 0.5) is 0 Å². The first kappa shape index (κ1) is 21.9. The summed E-state index contributed by atoms with van der Waals surface area (Å²) in [6.45, 7) is 14.6. The molecule has 0 aliphatic heterocycles. The maximum Gasteiger partial charge on any atom is 0.159 e. The fourth-order valence-electron chi connectivity index (χ4n) is 4.58. The van der Waals surface area contributed by atoms with Crippen molar-refractivity contribution < 1.29 is 0 Å². The Kier molecular flexibility index (Phi) is 12.8. The summed E-state index contributed by atoms with van der Waals surface area (Å²) in [7, 11) is -1.31. The highest BCUT2D eigenvalue weighted by Crippen LogP contribution is 2.75. The molecule has 0 amide bonds. The molecular formula is C19H44P2+2. The molecule has 0 aromatic carbocycles. The van der Waals surface area contributed by atoms with E-state index in [9.17, 15) is 0 Å². The van der Waals surface area contributed by atoms with Crippen LogP contribution >= 0.6 is 14.5 Å². The van der Waals surface area contributed by atoms with Crippen molar-refractivity contribution in [1.29, 1.82) is 0 Å². The summed E-state index contributed by atoms with van der Waals surface area (Å²) < 4.78 is 0. The van der Waals surface area contributed by atoms with Crippen LogP contribution in [0.15, 0.2) is 0 Å². The Bertz CT molecular complexity index is 180. The topological polar surface area (TPSA) is 0 Å². The van der Waals surface area contributed by atoms with Crippen molar-refractivity contribution in [3.8, 4) is 0 Å². The third-order valence-electron chi connectivity index (χ3n) is 4.79. The Balaban J connectivity index is 5.30. The molecule has 0 fully saturated rings. The fraction of sp³-hybridized carbons (Fsp3) is 1.00. The first-order chi connectivity index (χ1) is 10.1. The Labute approximate surface area is 137 Å². The van der Waals surface area contributed by atoms with Gasteiger partial charge in [-0.3, -0.25) is 0 Å². The average molecular weight is 335 g/mol. The van der Waals surface area contributed by atoms with Gasteiger partial charge in [0.1, 0.15) is 0 Å². The van der Waals surface area contributed by atoms with E-state index in [1.165, 1.54) is 38.5 Å². The van der Waals surface area contributed by atoms with Crippen molar-refractivity contribution in [1.82, 2.24) is 0 Å². The second-order valence-corrected chi connectivity index (χ2v) is 16.3. The summed E-state index contributed by atoms with van der Waals surface area (Å²) in [6.07, 6.45) is 18.1. The van der Waals surface area contributed by atoms with Gasteiger partial charge in [0.15, 0.2) is 5.90 Å². The largest absolute Gasteiger partial charge is 0.159 e. The third kappa shape index (κ3) is 7.79. The van der Waals surface area contributed by atoms with Crippen molar-refractivity contribution in [3.63, 3.8) is 0 Å². The summed E-state index contributed by atoms with van der Waals surface area (Å²) in [5.41, 5.74) is 0. The Morgan fingerprint density at radius 3 is 0.714 bits per heavy atom. The molecule has 0 saturated heterocycles. The Morgan fingerprint density at radius 2 is 0.571 bits per heavy atom. The van der Waals surface area contributed by atoms with E-state index in [1.807, 2.05) is 0 Å². The standard InChI is InChI=1S/C19H44P2/c1-7-13-20(14-8-2,15-9-3)19-21(16-10-4,17-11-5)18-12-6/h7-19H2,1-6H3/q+2. The van der Waals surface area contributed by atoms with Crippen molar-refractivity contribution in [2.45, 2.75) is 80.1 Å². The molecule has 0 N–H and O–H groups in total. The minimum atomic E-state index is -0.657. The van der Waals surface area contributed by atoms with Gasteiger partial charge < -0.3 is 0 Å². The zero-order valence-electron chi connectivity index (χ0n) is 16.1. The molecule has 0 saturated carbocycles. The van der Waals surface area contributed by atoms with E-state index >= 15 is 0 Å². The lowest BCUT2D eigenvalue weighted by Crippen LogP contribution is -2.19. The van der Waals surface area contributed by atoms with Crippen LogP contribution in [-0.2, 0) is 0 Å². The van der Waals surface area contributed by atoms with Gasteiger partial charge in [0.2, 0.25) is 0 Å². The van der Waals surface area contributed by atoms with Gasteiger partial charge in [0.25, 0.3) is 0 Å². The van der Waals surface area contributed by atoms with E-state index in [4.69, 9.17) is 0 Å². The lowest BCUT2D eigenvalue weighted by Gasteiger charge is -2.34. The smallest absolute Gasteiger partial charge is 0.0619 e. The molecule has 0 aliphatic rings. The van der Waals surface area contributed by atoms with Gasteiger partial charge >= 0.3 is 0 Å². The van der Waals surface area contributed by atoms with Gasteiger partial charge in [-0.1, -0.05) is 41.5 Å². The first-order valence-electron chi connectivity index (χ1n) is 9.77. The van der Waals surface area contributed by atoms with E-state index in [2.05, 4.69) is 41.5 Å². The molecule has 0 bridgehead atoms. The second-order valence-electron chi connectivity index (χ2n) is 7.17. The monoisotopic (exact) mass is 334 g/mol. The summed E-state index contributed by atoms with van der Waals surface area (Å²) in [5, 5.41) is 0. The summed E-state index contributed by atoms with van der Waals surface area (Å²) in [5.74, 6) is 1.73. The molecule has 2 heteroatoms. The molecule has 0 aromatic heterocycles. The van der Waals surface area contributed by atoms with Crippen molar-refractivity contribution in [2.75, 3.05) is 42.9 Å². The maximum absolute atomic E-state index is 2.43. The lowest BCUT2D eigenvalue weighted by atomic mass is 10.6. The molecule has 0 nitrogen and oxygen atoms in total. The van der Waals surface area contributed by atoms with Crippen LogP contribution in [0.25, 0.3) is 0 Å². The molecule has 21 heavy (non-hydrogen) atoms. The van der Waals surface area contributed by atoms with Crippen LogP contribution in [0.1, 0.15) is 80.1 Å². The van der Waals surface area contributed by atoms with E-state index < -0.39 is 14.5 Å².